The lowest BCUT2D eigenvalue weighted by Gasteiger charge is -2.28. The van der Waals surface area contributed by atoms with Gasteiger partial charge in [0.05, 0.1) is 32.9 Å². The molecule has 2 unspecified atom stereocenters. The second-order valence-electron chi connectivity index (χ2n) is 9.20. The first-order chi connectivity index (χ1) is 19.5. The normalized spacial score (nSPS) is 25.0. The van der Waals surface area contributed by atoms with Crippen LogP contribution < -0.4 is 20.6 Å². The molecule has 0 amide bonds. The molecule has 2 aromatic heterocycles. The molecule has 1 aliphatic heterocycles. The van der Waals surface area contributed by atoms with E-state index in [1.165, 1.54) is 24.9 Å². The van der Waals surface area contributed by atoms with E-state index in [4.69, 9.17) is 29.9 Å². The number of aliphatic hydroxyl groups is 2. The van der Waals surface area contributed by atoms with E-state index in [0.717, 1.165) is 0 Å². The Kier molecular flexibility index (Phi) is 9.67. The van der Waals surface area contributed by atoms with Crippen LogP contribution in [0.15, 0.2) is 6.33 Å². The van der Waals surface area contributed by atoms with E-state index in [2.05, 4.69) is 15.0 Å². The number of nitrogen functional groups attached to an aromatic ring is 1. The molecule has 21 nitrogen and oxygen atoms in total. The van der Waals surface area contributed by atoms with E-state index >= 15 is 0 Å². The topological polar surface area (TPSA) is 328 Å². The summed E-state index contributed by atoms with van der Waals surface area (Å²) in [5.74, 6) is -7.11. The zero-order valence-electron chi connectivity index (χ0n) is 21.8. The number of nitrogens with zero attached hydrogens (tertiary/aromatic N) is 4. The third kappa shape index (κ3) is 7.07. The molecule has 0 aromatic carbocycles. The van der Waals surface area contributed by atoms with Crippen molar-refractivity contribution < 1.29 is 68.4 Å². The van der Waals surface area contributed by atoms with Gasteiger partial charge in [0.1, 0.15) is 29.9 Å². The molecule has 2 aromatic rings. The van der Waals surface area contributed by atoms with Gasteiger partial charge in [-0.25, -0.2) is 15.2 Å². The molecule has 42 heavy (non-hydrogen) atoms. The highest BCUT2D eigenvalue weighted by atomic mass is 31.2. The number of carboxylic acids is 4. The molecule has 3 rings (SSSR count). The number of hydrogen-bond donors (Lipinski definition) is 9. The Balaban J connectivity index is 1.91. The molecule has 0 spiro atoms. The van der Waals surface area contributed by atoms with Crippen LogP contribution in [-0.2, 0) is 33.0 Å². The summed E-state index contributed by atoms with van der Waals surface area (Å²) in [6, 6.07) is -4.19. The van der Waals surface area contributed by atoms with Crippen LogP contribution in [0.2, 0.25) is 0 Å². The number of aliphatic carboxylic acids is 4. The SMILES string of the molecule is COc1nc(N)nc2c1ncn2[C@@H]1O[C@H](COP(=O)(NC(CC(=O)O)C(=O)O)NC(CC(=O)O)C(=O)O)[C@@H](O)[C@@]1(C)O. The summed E-state index contributed by atoms with van der Waals surface area (Å²) in [5.41, 5.74) is 3.75. The number of rotatable bonds is 15. The maximum atomic E-state index is 13.6. The molecular weight excluding hydrogens is 593 g/mol. The molecule has 0 saturated carbocycles. The van der Waals surface area contributed by atoms with Crippen molar-refractivity contribution in [2.75, 3.05) is 19.5 Å². The number of anilines is 1. The van der Waals surface area contributed by atoms with Crippen LogP contribution in [0.3, 0.4) is 0 Å². The second kappa shape index (κ2) is 12.5. The third-order valence-electron chi connectivity index (χ3n) is 6.03. The fourth-order valence-electron chi connectivity index (χ4n) is 4.02. The van der Waals surface area contributed by atoms with Crippen LogP contribution in [0.5, 0.6) is 5.88 Å². The van der Waals surface area contributed by atoms with Gasteiger partial charge in [-0.05, 0) is 6.92 Å². The first-order valence-electron chi connectivity index (χ1n) is 11.8. The van der Waals surface area contributed by atoms with Crippen molar-refractivity contribution in [1.29, 1.82) is 0 Å². The van der Waals surface area contributed by atoms with Crippen molar-refractivity contribution >= 4 is 48.7 Å². The van der Waals surface area contributed by atoms with Crippen molar-refractivity contribution in [3.05, 3.63) is 6.33 Å². The predicted octanol–water partition coefficient (Wildman–Crippen LogP) is -2.41. The average molecular weight is 621 g/mol. The summed E-state index contributed by atoms with van der Waals surface area (Å²) in [6.07, 6.45) is -5.87. The van der Waals surface area contributed by atoms with E-state index in [1.807, 2.05) is 10.2 Å². The molecule has 10 N–H and O–H groups in total. The maximum Gasteiger partial charge on any atom is 0.342 e. The fraction of sp³-hybridized carbons (Fsp3) is 0.550. The average Bonchev–Trinajstić information content (AvgIpc) is 3.38. The van der Waals surface area contributed by atoms with Gasteiger partial charge in [0.15, 0.2) is 17.4 Å². The number of imidazole rings is 1. The molecule has 0 aliphatic carbocycles. The van der Waals surface area contributed by atoms with Gasteiger partial charge in [-0.15, -0.1) is 0 Å². The van der Waals surface area contributed by atoms with Gasteiger partial charge in [0.2, 0.25) is 11.8 Å². The van der Waals surface area contributed by atoms with Gasteiger partial charge in [0.25, 0.3) is 0 Å². The summed E-state index contributed by atoms with van der Waals surface area (Å²) in [4.78, 5) is 57.4. The van der Waals surface area contributed by atoms with E-state index in [0.29, 0.717) is 0 Å². The number of nitrogens with one attached hydrogen (secondary N) is 2. The van der Waals surface area contributed by atoms with Crippen LogP contribution in [0.1, 0.15) is 26.0 Å². The highest BCUT2D eigenvalue weighted by Gasteiger charge is 2.54. The number of methoxy groups -OCH3 is 1. The molecule has 6 atom stereocenters. The molecular formula is C20H28N7O14P. The lowest BCUT2D eigenvalue weighted by atomic mass is 9.96. The van der Waals surface area contributed by atoms with Crippen LogP contribution in [0, 0.1) is 0 Å². The third-order valence-corrected chi connectivity index (χ3v) is 7.85. The Bertz CT molecular complexity index is 1380. The highest BCUT2D eigenvalue weighted by Crippen LogP contribution is 2.44. The quantitative estimate of drug-likeness (QED) is 0.0934. The largest absolute Gasteiger partial charge is 0.481 e. The zero-order valence-corrected chi connectivity index (χ0v) is 22.7. The molecule has 1 fully saturated rings. The Morgan fingerprint density at radius 3 is 2.14 bits per heavy atom. The zero-order chi connectivity index (χ0) is 31.6. The standard InChI is InChI=1S/C20H28N7O14P/c1-20(37)13(32)9(41-18(20)27-6-22-12-14(27)23-19(21)24-15(12)39-2)5-40-42(38,25-7(16(33)34)3-10(28)29)26-8(17(35)36)4-11(30)31/h6-9,13,18,32,37H,3-5H2,1-2H3,(H,28,29)(H,30,31)(H,33,34)(H,35,36)(H2,21,23,24)(H2,25,26,38)/t7?,8?,9-,13-,18-,20-,42?/m1/s1. The highest BCUT2D eigenvalue weighted by molar-refractivity contribution is 7.54. The van der Waals surface area contributed by atoms with Crippen molar-refractivity contribution in [2.24, 2.45) is 0 Å². The monoisotopic (exact) mass is 621 g/mol. The van der Waals surface area contributed by atoms with Gasteiger partial charge in [-0.3, -0.25) is 28.3 Å². The summed E-state index contributed by atoms with van der Waals surface area (Å²) >= 11 is 0. The first kappa shape index (κ1) is 32.5. The number of aliphatic hydroxyl groups excluding tert-OH is 1. The Labute approximate surface area is 234 Å². The van der Waals surface area contributed by atoms with E-state index in [-0.39, 0.29) is 23.0 Å². The summed E-state index contributed by atoms with van der Waals surface area (Å²) in [7, 11) is -3.64. The van der Waals surface area contributed by atoms with Crippen molar-refractivity contribution in [3.8, 4) is 5.88 Å². The minimum Gasteiger partial charge on any atom is -0.481 e. The summed E-state index contributed by atoms with van der Waals surface area (Å²) in [5, 5.41) is 62.5. The van der Waals surface area contributed by atoms with Gasteiger partial charge < -0.3 is 50.4 Å². The molecule has 22 heteroatoms. The number of fused-ring (bicyclic) bond motifs is 1. The molecule has 232 valence electrons. The Hall–Kier alpha value is -3.98. The molecule has 1 saturated heterocycles. The van der Waals surface area contributed by atoms with E-state index in [1.54, 1.807) is 0 Å². The number of nitrogens with two attached hydrogens (primary N) is 1. The fourth-order valence-corrected chi connectivity index (χ4v) is 5.83. The minimum atomic E-state index is -4.94. The smallest absolute Gasteiger partial charge is 0.342 e. The van der Waals surface area contributed by atoms with E-state index < -0.39 is 87.1 Å². The van der Waals surface area contributed by atoms with Gasteiger partial charge in [-0.2, -0.15) is 9.97 Å². The molecule has 3 heterocycles. The number of aromatic nitrogens is 4. The van der Waals surface area contributed by atoms with Crippen LogP contribution in [-0.4, -0.2) is 118 Å². The number of ether oxygens (including phenoxy) is 2. The summed E-state index contributed by atoms with van der Waals surface area (Å²) < 4.78 is 30.9. The minimum absolute atomic E-state index is 0.00361. The van der Waals surface area contributed by atoms with Crippen molar-refractivity contribution in [3.63, 3.8) is 0 Å². The van der Waals surface area contributed by atoms with Crippen LogP contribution in [0.25, 0.3) is 11.2 Å². The maximum absolute atomic E-state index is 13.6. The Morgan fingerprint density at radius 2 is 1.67 bits per heavy atom. The van der Waals surface area contributed by atoms with Crippen LogP contribution in [0.4, 0.5) is 5.95 Å². The van der Waals surface area contributed by atoms with Crippen LogP contribution >= 0.6 is 7.67 Å². The Morgan fingerprint density at radius 1 is 1.12 bits per heavy atom. The van der Waals surface area contributed by atoms with Gasteiger partial charge >= 0.3 is 31.5 Å². The lowest BCUT2D eigenvalue weighted by molar-refractivity contribution is -0.145. The van der Waals surface area contributed by atoms with Crippen molar-refractivity contribution in [2.45, 2.75) is 55.9 Å². The summed E-state index contributed by atoms with van der Waals surface area (Å²) in [6.45, 7) is 0.254. The molecule has 0 bridgehead atoms. The van der Waals surface area contributed by atoms with Gasteiger partial charge in [-0.1, -0.05) is 0 Å². The van der Waals surface area contributed by atoms with E-state index in [9.17, 15) is 44.2 Å². The number of hydrogen-bond acceptors (Lipinski definition) is 14. The predicted molar refractivity (Wildman–Crippen MR) is 134 cm³/mol. The number of carboxylic acid groups (broad SMARTS) is 4. The second-order valence-corrected chi connectivity index (χ2v) is 11.1. The van der Waals surface area contributed by atoms with Crippen molar-refractivity contribution in [1.82, 2.24) is 29.7 Å². The number of carbonyl (C=O) groups is 4. The van der Waals surface area contributed by atoms with Gasteiger partial charge in [0, 0.05) is 0 Å². The first-order valence-corrected chi connectivity index (χ1v) is 13.4. The molecule has 1 aliphatic rings. The molecule has 0 radical (unpaired) electrons. The lowest BCUT2D eigenvalue weighted by Crippen LogP contribution is -2.46.